The number of amides is 1. The lowest BCUT2D eigenvalue weighted by Crippen LogP contribution is -2.35. The summed E-state index contributed by atoms with van der Waals surface area (Å²) in [7, 11) is 0. The normalized spacial score (nSPS) is 19.7. The van der Waals surface area contributed by atoms with Crippen LogP contribution in [0, 0.1) is 5.92 Å². The Hall–Kier alpha value is -3.21. The number of nitrogens with zero attached hydrogens (tertiary/aromatic N) is 1. The van der Waals surface area contributed by atoms with E-state index in [2.05, 4.69) is 47.5 Å². The summed E-state index contributed by atoms with van der Waals surface area (Å²) in [5.41, 5.74) is 4.39. The van der Waals surface area contributed by atoms with Crippen LogP contribution in [0.3, 0.4) is 0 Å². The summed E-state index contributed by atoms with van der Waals surface area (Å²) in [6.07, 6.45) is 3.54. The molecule has 0 spiro atoms. The van der Waals surface area contributed by atoms with Gasteiger partial charge >= 0.3 is 0 Å². The zero-order valence-corrected chi connectivity index (χ0v) is 17.1. The number of ether oxygens (including phenoxy) is 1. The fourth-order valence-corrected chi connectivity index (χ4v) is 4.54. The molecule has 1 amide bonds. The number of hydrogen-bond acceptors (Lipinski definition) is 4. The molecule has 5 nitrogen and oxygen atoms in total. The van der Waals surface area contributed by atoms with Crippen molar-refractivity contribution in [1.29, 1.82) is 0 Å². The molecule has 154 valence electrons. The fourth-order valence-electron chi connectivity index (χ4n) is 4.54. The lowest BCUT2D eigenvalue weighted by molar-refractivity contribution is 0.0937. The Bertz CT molecular complexity index is 1060. The number of nitrogens with one attached hydrogen (secondary N) is 1. The molecule has 1 aromatic heterocycles. The Morgan fingerprint density at radius 2 is 1.87 bits per heavy atom. The minimum atomic E-state index is -0.0854. The molecule has 0 saturated heterocycles. The molecule has 3 heterocycles. The van der Waals surface area contributed by atoms with E-state index in [0.717, 1.165) is 18.6 Å². The van der Waals surface area contributed by atoms with E-state index >= 15 is 0 Å². The molecule has 5 heteroatoms. The number of carbonyl (C=O) groups excluding carboxylic acids is 1. The van der Waals surface area contributed by atoms with Crippen LogP contribution in [0.1, 0.15) is 34.2 Å². The molecule has 2 aromatic carbocycles. The van der Waals surface area contributed by atoms with Crippen molar-refractivity contribution in [1.82, 2.24) is 5.32 Å². The highest BCUT2D eigenvalue weighted by atomic mass is 16.5. The Labute approximate surface area is 176 Å². The molecule has 2 aliphatic heterocycles. The molecular formula is C25H26N2O3. The maximum atomic E-state index is 12.9. The minimum Gasteiger partial charge on any atom is -0.493 e. The van der Waals surface area contributed by atoms with E-state index in [1.165, 1.54) is 16.8 Å². The van der Waals surface area contributed by atoms with Crippen LogP contribution in [0.25, 0.3) is 0 Å². The van der Waals surface area contributed by atoms with E-state index in [9.17, 15) is 4.79 Å². The van der Waals surface area contributed by atoms with Crippen molar-refractivity contribution in [3.63, 3.8) is 0 Å². The van der Waals surface area contributed by atoms with Crippen LogP contribution < -0.4 is 15.0 Å². The second-order valence-electron chi connectivity index (χ2n) is 8.27. The van der Waals surface area contributed by atoms with E-state index in [-0.39, 0.29) is 11.8 Å². The van der Waals surface area contributed by atoms with Gasteiger partial charge in [-0.3, -0.25) is 4.79 Å². The molecule has 5 rings (SSSR count). The van der Waals surface area contributed by atoms with Crippen LogP contribution in [0.2, 0.25) is 0 Å². The number of benzene rings is 2. The molecule has 1 N–H and O–H groups in total. The zero-order valence-electron chi connectivity index (χ0n) is 17.1. The van der Waals surface area contributed by atoms with Gasteiger partial charge in [0.2, 0.25) is 0 Å². The van der Waals surface area contributed by atoms with Gasteiger partial charge in [-0.1, -0.05) is 36.4 Å². The first-order valence-corrected chi connectivity index (χ1v) is 10.6. The average molecular weight is 402 g/mol. The number of para-hydroxylation sites is 2. The number of hydrogen-bond donors (Lipinski definition) is 1. The summed E-state index contributed by atoms with van der Waals surface area (Å²) >= 11 is 0. The highest BCUT2D eigenvalue weighted by Gasteiger charge is 2.28. The van der Waals surface area contributed by atoms with Crippen LogP contribution in [0.4, 0.5) is 5.69 Å². The monoisotopic (exact) mass is 402 g/mol. The molecule has 2 atom stereocenters. The fraction of sp³-hybridized carbons (Fsp3) is 0.320. The van der Waals surface area contributed by atoms with E-state index in [1.54, 1.807) is 12.3 Å². The number of carbonyl (C=O) groups is 1. The summed E-state index contributed by atoms with van der Waals surface area (Å²) in [5, 5.41) is 3.08. The molecule has 0 bridgehead atoms. The molecule has 0 fully saturated rings. The largest absolute Gasteiger partial charge is 0.493 e. The first kappa shape index (κ1) is 18.8. The Morgan fingerprint density at radius 1 is 1.07 bits per heavy atom. The van der Waals surface area contributed by atoms with E-state index in [0.29, 0.717) is 37.1 Å². The quantitative estimate of drug-likeness (QED) is 0.695. The predicted molar refractivity (Wildman–Crippen MR) is 116 cm³/mol. The third-order valence-electron chi connectivity index (χ3n) is 6.16. The summed E-state index contributed by atoms with van der Waals surface area (Å²) in [5.74, 6) is 1.85. The van der Waals surface area contributed by atoms with Crippen molar-refractivity contribution >= 4 is 11.6 Å². The topological polar surface area (TPSA) is 54.7 Å². The number of rotatable bonds is 5. The Balaban J connectivity index is 1.24. The standard InChI is InChI=1S/C25H26N2O3/c1-17-12-19-6-2-4-8-22(19)27(17)15-24-21(10-11-29-24)25(28)26-14-18-13-20-7-3-5-9-23(20)30-16-18/h2-11,17-18H,12-16H2,1H3,(H,26,28). The molecule has 0 saturated carbocycles. The lowest BCUT2D eigenvalue weighted by atomic mass is 9.96. The highest BCUT2D eigenvalue weighted by Crippen LogP contribution is 2.33. The Kier molecular flexibility index (Phi) is 4.95. The summed E-state index contributed by atoms with van der Waals surface area (Å²) in [4.78, 5) is 15.2. The van der Waals surface area contributed by atoms with Crippen LogP contribution in [-0.4, -0.2) is 25.1 Å². The minimum absolute atomic E-state index is 0.0854. The maximum absolute atomic E-state index is 12.9. The van der Waals surface area contributed by atoms with Crippen LogP contribution >= 0.6 is 0 Å². The van der Waals surface area contributed by atoms with Gasteiger partial charge < -0.3 is 19.4 Å². The van der Waals surface area contributed by atoms with Crippen molar-refractivity contribution < 1.29 is 13.9 Å². The van der Waals surface area contributed by atoms with Gasteiger partial charge in [0, 0.05) is 24.2 Å². The third kappa shape index (κ3) is 3.56. The second kappa shape index (κ2) is 7.90. The maximum Gasteiger partial charge on any atom is 0.254 e. The van der Waals surface area contributed by atoms with Gasteiger partial charge in [0.05, 0.1) is 25.0 Å². The van der Waals surface area contributed by atoms with Crippen molar-refractivity contribution in [2.45, 2.75) is 32.4 Å². The second-order valence-corrected chi connectivity index (χ2v) is 8.27. The summed E-state index contributed by atoms with van der Waals surface area (Å²) < 4.78 is 11.6. The predicted octanol–water partition coefficient (Wildman–Crippen LogP) is 4.21. The van der Waals surface area contributed by atoms with Gasteiger partial charge in [-0.15, -0.1) is 0 Å². The molecule has 2 unspecified atom stereocenters. The highest BCUT2D eigenvalue weighted by molar-refractivity contribution is 5.95. The van der Waals surface area contributed by atoms with Crippen LogP contribution in [0.5, 0.6) is 5.75 Å². The van der Waals surface area contributed by atoms with Crippen LogP contribution in [0.15, 0.2) is 65.3 Å². The smallest absolute Gasteiger partial charge is 0.254 e. The Morgan fingerprint density at radius 3 is 2.77 bits per heavy atom. The molecule has 3 aromatic rings. The van der Waals surface area contributed by atoms with Crippen molar-refractivity contribution in [3.05, 3.63) is 83.3 Å². The van der Waals surface area contributed by atoms with E-state index in [4.69, 9.17) is 9.15 Å². The first-order valence-electron chi connectivity index (χ1n) is 10.6. The SMILES string of the molecule is CC1Cc2ccccc2N1Cc1occc1C(=O)NCC1COc2ccccc2C1. The summed E-state index contributed by atoms with van der Waals surface area (Å²) in [6.45, 7) is 4.01. The number of anilines is 1. The average Bonchev–Trinajstić information content (AvgIpc) is 3.36. The molecule has 0 aliphatic carbocycles. The van der Waals surface area contributed by atoms with Crippen LogP contribution in [-0.2, 0) is 19.4 Å². The van der Waals surface area contributed by atoms with Gasteiger partial charge in [0.15, 0.2) is 0 Å². The van der Waals surface area contributed by atoms with Crippen molar-refractivity contribution in [3.8, 4) is 5.75 Å². The first-order chi connectivity index (χ1) is 14.7. The van der Waals surface area contributed by atoms with Crippen molar-refractivity contribution in [2.24, 2.45) is 5.92 Å². The van der Waals surface area contributed by atoms with E-state index < -0.39 is 0 Å². The molecule has 0 radical (unpaired) electrons. The summed E-state index contributed by atoms with van der Waals surface area (Å²) in [6, 6.07) is 18.7. The molecule has 30 heavy (non-hydrogen) atoms. The third-order valence-corrected chi connectivity index (χ3v) is 6.16. The zero-order chi connectivity index (χ0) is 20.5. The lowest BCUT2D eigenvalue weighted by Gasteiger charge is -2.25. The number of furan rings is 1. The van der Waals surface area contributed by atoms with Gasteiger partial charge in [-0.05, 0) is 49.1 Å². The van der Waals surface area contributed by atoms with Gasteiger partial charge in [-0.2, -0.15) is 0 Å². The molecular weight excluding hydrogens is 376 g/mol. The molecule has 2 aliphatic rings. The number of fused-ring (bicyclic) bond motifs is 2. The van der Waals surface area contributed by atoms with Gasteiger partial charge in [-0.25, -0.2) is 0 Å². The van der Waals surface area contributed by atoms with Gasteiger partial charge in [0.25, 0.3) is 5.91 Å². The van der Waals surface area contributed by atoms with Gasteiger partial charge in [0.1, 0.15) is 11.5 Å². The van der Waals surface area contributed by atoms with Crippen molar-refractivity contribution in [2.75, 3.05) is 18.1 Å². The van der Waals surface area contributed by atoms with E-state index in [1.807, 2.05) is 18.2 Å².